The zero-order chi connectivity index (χ0) is 14.3. The quantitative estimate of drug-likeness (QED) is 0.769. The number of amides is 2. The van der Waals surface area contributed by atoms with Crippen LogP contribution in [0.15, 0.2) is 29.2 Å². The standard InChI is InChI=1S/C13H10FN3O3/c14-9-3-1-2-7-8(9)6-15-17(13(7)20)10-4-5-11(18)16-12(10)19/h1-3,6,10H,4-5H2,(H,16,18,19). The normalized spacial score (nSPS) is 19.1. The smallest absolute Gasteiger partial charge is 0.275 e. The first-order valence-electron chi connectivity index (χ1n) is 6.07. The van der Waals surface area contributed by atoms with Crippen LogP contribution in [-0.4, -0.2) is 21.6 Å². The first-order chi connectivity index (χ1) is 9.58. The van der Waals surface area contributed by atoms with E-state index >= 15 is 0 Å². The minimum Gasteiger partial charge on any atom is -0.295 e. The Bertz CT molecular complexity index is 784. The predicted molar refractivity (Wildman–Crippen MR) is 67.4 cm³/mol. The summed E-state index contributed by atoms with van der Waals surface area (Å²) in [5.74, 6) is -1.47. The van der Waals surface area contributed by atoms with Crippen LogP contribution < -0.4 is 10.9 Å². The van der Waals surface area contributed by atoms with Crippen LogP contribution in [0.1, 0.15) is 18.9 Å². The summed E-state index contributed by atoms with van der Waals surface area (Å²) in [6.07, 6.45) is 1.57. The van der Waals surface area contributed by atoms with Crippen molar-refractivity contribution in [2.24, 2.45) is 0 Å². The molecule has 1 fully saturated rings. The van der Waals surface area contributed by atoms with E-state index in [1.807, 2.05) is 0 Å². The van der Waals surface area contributed by atoms with Crippen LogP contribution in [0, 0.1) is 5.82 Å². The molecule has 0 bridgehead atoms. The molecule has 1 aliphatic rings. The molecule has 0 saturated carbocycles. The number of imide groups is 1. The van der Waals surface area contributed by atoms with E-state index in [-0.39, 0.29) is 29.5 Å². The molecule has 6 nitrogen and oxygen atoms in total. The Morgan fingerprint density at radius 3 is 2.80 bits per heavy atom. The fourth-order valence-electron chi connectivity index (χ4n) is 2.29. The molecule has 1 unspecified atom stereocenters. The van der Waals surface area contributed by atoms with Gasteiger partial charge in [0, 0.05) is 11.8 Å². The molecule has 1 aromatic carbocycles. The maximum absolute atomic E-state index is 13.6. The Balaban J connectivity index is 2.14. The van der Waals surface area contributed by atoms with Gasteiger partial charge in [-0.15, -0.1) is 0 Å². The number of carbonyl (C=O) groups is 2. The molecule has 2 amide bonds. The first kappa shape index (κ1) is 12.5. The van der Waals surface area contributed by atoms with E-state index in [1.54, 1.807) is 0 Å². The first-order valence-corrected chi connectivity index (χ1v) is 6.07. The second-order valence-corrected chi connectivity index (χ2v) is 4.56. The van der Waals surface area contributed by atoms with E-state index in [4.69, 9.17) is 0 Å². The molecule has 20 heavy (non-hydrogen) atoms. The van der Waals surface area contributed by atoms with Crippen molar-refractivity contribution in [1.82, 2.24) is 15.1 Å². The summed E-state index contributed by atoms with van der Waals surface area (Å²) in [5, 5.41) is 6.29. The number of aromatic nitrogens is 2. The molecule has 1 N–H and O–H groups in total. The van der Waals surface area contributed by atoms with Crippen LogP contribution >= 0.6 is 0 Å². The molecule has 102 valence electrons. The number of hydrogen-bond donors (Lipinski definition) is 1. The maximum Gasteiger partial charge on any atom is 0.275 e. The van der Waals surface area contributed by atoms with Crippen molar-refractivity contribution in [1.29, 1.82) is 0 Å². The zero-order valence-corrected chi connectivity index (χ0v) is 10.3. The third-order valence-corrected chi connectivity index (χ3v) is 3.31. The Labute approximate surface area is 112 Å². The average Bonchev–Trinajstić information content (AvgIpc) is 2.41. The number of halogens is 1. The van der Waals surface area contributed by atoms with Gasteiger partial charge in [0.1, 0.15) is 11.9 Å². The highest BCUT2D eigenvalue weighted by molar-refractivity contribution is 5.99. The van der Waals surface area contributed by atoms with Gasteiger partial charge >= 0.3 is 0 Å². The van der Waals surface area contributed by atoms with Gasteiger partial charge in [-0.1, -0.05) is 6.07 Å². The summed E-state index contributed by atoms with van der Waals surface area (Å²) >= 11 is 0. The third kappa shape index (κ3) is 1.87. The molecular weight excluding hydrogens is 265 g/mol. The summed E-state index contributed by atoms with van der Waals surface area (Å²) in [6.45, 7) is 0. The van der Waals surface area contributed by atoms with E-state index in [0.29, 0.717) is 0 Å². The van der Waals surface area contributed by atoms with Crippen molar-refractivity contribution in [3.05, 3.63) is 40.6 Å². The highest BCUT2D eigenvalue weighted by Crippen LogP contribution is 2.18. The summed E-state index contributed by atoms with van der Waals surface area (Å²) in [4.78, 5) is 35.1. The molecule has 0 radical (unpaired) electrons. The van der Waals surface area contributed by atoms with E-state index in [2.05, 4.69) is 10.4 Å². The van der Waals surface area contributed by atoms with Crippen molar-refractivity contribution in [3.8, 4) is 0 Å². The fourth-order valence-corrected chi connectivity index (χ4v) is 2.29. The molecular formula is C13H10FN3O3. The van der Waals surface area contributed by atoms with E-state index in [9.17, 15) is 18.8 Å². The molecule has 1 saturated heterocycles. The van der Waals surface area contributed by atoms with Gasteiger partial charge in [0.15, 0.2) is 0 Å². The lowest BCUT2D eigenvalue weighted by molar-refractivity contribution is -0.136. The molecule has 2 aromatic rings. The Kier molecular flexibility index (Phi) is 2.81. The number of nitrogens with zero attached hydrogens (tertiary/aromatic N) is 2. The van der Waals surface area contributed by atoms with E-state index < -0.39 is 23.3 Å². The van der Waals surface area contributed by atoms with Crippen molar-refractivity contribution >= 4 is 22.6 Å². The van der Waals surface area contributed by atoms with Crippen molar-refractivity contribution < 1.29 is 14.0 Å². The Morgan fingerprint density at radius 2 is 2.05 bits per heavy atom. The minimum atomic E-state index is -0.840. The minimum absolute atomic E-state index is 0.112. The van der Waals surface area contributed by atoms with Gasteiger partial charge in [0.25, 0.3) is 11.5 Å². The predicted octanol–water partition coefficient (Wildman–Crippen LogP) is 0.513. The Morgan fingerprint density at radius 1 is 1.25 bits per heavy atom. The monoisotopic (exact) mass is 275 g/mol. The number of benzene rings is 1. The molecule has 0 aliphatic carbocycles. The van der Waals surface area contributed by atoms with Crippen LogP contribution in [0.5, 0.6) is 0 Å². The van der Waals surface area contributed by atoms with Gasteiger partial charge < -0.3 is 0 Å². The summed E-state index contributed by atoms with van der Waals surface area (Å²) in [6, 6.07) is 3.30. The number of hydrogen-bond acceptors (Lipinski definition) is 4. The second kappa shape index (κ2) is 4.52. The van der Waals surface area contributed by atoms with E-state index in [1.165, 1.54) is 24.4 Å². The van der Waals surface area contributed by atoms with Gasteiger partial charge in [0.05, 0.1) is 11.6 Å². The summed E-state index contributed by atoms with van der Waals surface area (Å²) in [7, 11) is 0. The maximum atomic E-state index is 13.6. The number of nitrogens with one attached hydrogen (secondary N) is 1. The lowest BCUT2D eigenvalue weighted by Gasteiger charge is -2.21. The Hall–Kier alpha value is -2.57. The van der Waals surface area contributed by atoms with Gasteiger partial charge in [-0.05, 0) is 18.6 Å². The van der Waals surface area contributed by atoms with Gasteiger partial charge in [0.2, 0.25) is 5.91 Å². The highest BCUT2D eigenvalue weighted by atomic mass is 19.1. The molecule has 1 atom stereocenters. The third-order valence-electron chi connectivity index (χ3n) is 3.31. The van der Waals surface area contributed by atoms with Gasteiger partial charge in [-0.3, -0.25) is 19.7 Å². The molecule has 2 heterocycles. The topological polar surface area (TPSA) is 81.1 Å². The number of piperidine rings is 1. The largest absolute Gasteiger partial charge is 0.295 e. The van der Waals surface area contributed by atoms with Crippen molar-refractivity contribution in [2.45, 2.75) is 18.9 Å². The average molecular weight is 275 g/mol. The van der Waals surface area contributed by atoms with Crippen LogP contribution in [0.2, 0.25) is 0 Å². The molecule has 1 aliphatic heterocycles. The molecule has 3 rings (SSSR count). The molecule has 1 aromatic heterocycles. The number of fused-ring (bicyclic) bond motifs is 1. The SMILES string of the molecule is O=C1CCC(n2ncc3c(F)cccc3c2=O)C(=O)N1. The number of carbonyl (C=O) groups excluding carboxylic acids is 2. The van der Waals surface area contributed by atoms with Crippen LogP contribution in [-0.2, 0) is 9.59 Å². The lowest BCUT2D eigenvalue weighted by Crippen LogP contribution is -2.45. The summed E-state index contributed by atoms with van der Waals surface area (Å²) in [5.41, 5.74) is -0.545. The van der Waals surface area contributed by atoms with E-state index in [0.717, 1.165) is 4.68 Å². The van der Waals surface area contributed by atoms with Crippen molar-refractivity contribution in [2.75, 3.05) is 0 Å². The highest BCUT2D eigenvalue weighted by Gasteiger charge is 2.29. The molecule has 7 heteroatoms. The van der Waals surface area contributed by atoms with Crippen molar-refractivity contribution in [3.63, 3.8) is 0 Å². The number of rotatable bonds is 1. The second-order valence-electron chi connectivity index (χ2n) is 4.56. The lowest BCUT2D eigenvalue weighted by atomic mass is 10.1. The van der Waals surface area contributed by atoms with Crippen LogP contribution in [0.4, 0.5) is 4.39 Å². The fraction of sp³-hybridized carbons (Fsp3) is 0.231. The van der Waals surface area contributed by atoms with Crippen LogP contribution in [0.25, 0.3) is 10.8 Å². The zero-order valence-electron chi connectivity index (χ0n) is 10.3. The van der Waals surface area contributed by atoms with Gasteiger partial charge in [-0.25, -0.2) is 9.07 Å². The molecule has 0 spiro atoms. The van der Waals surface area contributed by atoms with Gasteiger partial charge in [-0.2, -0.15) is 5.10 Å². The summed E-state index contributed by atoms with van der Waals surface area (Å²) < 4.78 is 14.6. The van der Waals surface area contributed by atoms with Crippen LogP contribution in [0.3, 0.4) is 0 Å².